The number of pyridine rings is 1. The van der Waals surface area contributed by atoms with Crippen molar-refractivity contribution in [1.82, 2.24) is 4.98 Å². The van der Waals surface area contributed by atoms with Crippen molar-refractivity contribution in [3.05, 3.63) is 35.4 Å². The van der Waals surface area contributed by atoms with E-state index in [0.29, 0.717) is 5.92 Å². The van der Waals surface area contributed by atoms with Crippen LogP contribution in [0.2, 0.25) is 0 Å². The molecule has 2 rings (SSSR count). The first-order valence-electron chi connectivity index (χ1n) is 6.27. The standard InChI is InChI=1S/C15H20N2/c1-5-16-15-13(10(2)3)9-12-8-11(4)6-7-14(12)17-15/h6-10H,5H2,1-4H3,(H,16,17). The highest BCUT2D eigenvalue weighted by Crippen LogP contribution is 2.27. The van der Waals surface area contributed by atoms with E-state index in [9.17, 15) is 0 Å². The van der Waals surface area contributed by atoms with Crippen LogP contribution in [-0.4, -0.2) is 11.5 Å². The second-order valence-corrected chi connectivity index (χ2v) is 4.81. The molecule has 0 spiro atoms. The zero-order valence-corrected chi connectivity index (χ0v) is 11.0. The van der Waals surface area contributed by atoms with Crippen molar-refractivity contribution in [2.45, 2.75) is 33.6 Å². The molecule has 17 heavy (non-hydrogen) atoms. The Labute approximate surface area is 103 Å². The molecule has 0 fully saturated rings. The molecule has 0 atom stereocenters. The molecule has 1 aromatic carbocycles. The van der Waals surface area contributed by atoms with Crippen LogP contribution in [0.3, 0.4) is 0 Å². The lowest BCUT2D eigenvalue weighted by molar-refractivity contribution is 0.861. The summed E-state index contributed by atoms with van der Waals surface area (Å²) < 4.78 is 0. The van der Waals surface area contributed by atoms with Crippen LogP contribution in [0, 0.1) is 6.92 Å². The SMILES string of the molecule is CCNc1nc2ccc(C)cc2cc1C(C)C. The number of hydrogen-bond donors (Lipinski definition) is 1. The lowest BCUT2D eigenvalue weighted by atomic mass is 10.0. The largest absolute Gasteiger partial charge is 0.370 e. The summed E-state index contributed by atoms with van der Waals surface area (Å²) in [6.07, 6.45) is 0. The number of rotatable bonds is 3. The second kappa shape index (κ2) is 4.74. The van der Waals surface area contributed by atoms with Gasteiger partial charge in [0.2, 0.25) is 0 Å². The minimum Gasteiger partial charge on any atom is -0.370 e. The van der Waals surface area contributed by atoms with Crippen molar-refractivity contribution in [3.8, 4) is 0 Å². The van der Waals surface area contributed by atoms with Crippen LogP contribution in [0.4, 0.5) is 5.82 Å². The summed E-state index contributed by atoms with van der Waals surface area (Å²) in [5.74, 6) is 1.51. The molecule has 1 aromatic heterocycles. The third-order valence-electron chi connectivity index (χ3n) is 2.97. The lowest BCUT2D eigenvalue weighted by Crippen LogP contribution is -2.05. The lowest BCUT2D eigenvalue weighted by Gasteiger charge is -2.14. The number of hydrogen-bond acceptors (Lipinski definition) is 2. The number of anilines is 1. The smallest absolute Gasteiger partial charge is 0.130 e. The van der Waals surface area contributed by atoms with Crippen LogP contribution in [0.1, 0.15) is 37.8 Å². The third kappa shape index (κ3) is 2.41. The molecule has 0 aliphatic carbocycles. The van der Waals surface area contributed by atoms with Gasteiger partial charge in [0.1, 0.15) is 5.82 Å². The fraction of sp³-hybridized carbons (Fsp3) is 0.400. The Morgan fingerprint density at radius 1 is 1.24 bits per heavy atom. The zero-order chi connectivity index (χ0) is 12.4. The van der Waals surface area contributed by atoms with Gasteiger partial charge in [-0.25, -0.2) is 4.98 Å². The van der Waals surface area contributed by atoms with Crippen LogP contribution >= 0.6 is 0 Å². The number of fused-ring (bicyclic) bond motifs is 1. The molecule has 0 saturated carbocycles. The first-order chi connectivity index (χ1) is 8.11. The maximum Gasteiger partial charge on any atom is 0.130 e. The van der Waals surface area contributed by atoms with Crippen molar-refractivity contribution >= 4 is 16.7 Å². The van der Waals surface area contributed by atoms with Gasteiger partial charge in [0.25, 0.3) is 0 Å². The molecule has 0 aliphatic rings. The molecule has 2 nitrogen and oxygen atoms in total. The van der Waals surface area contributed by atoms with E-state index >= 15 is 0 Å². The van der Waals surface area contributed by atoms with Gasteiger partial charge < -0.3 is 5.32 Å². The summed E-state index contributed by atoms with van der Waals surface area (Å²) in [5, 5.41) is 4.58. The maximum absolute atomic E-state index is 4.72. The molecule has 0 aliphatic heterocycles. The summed E-state index contributed by atoms with van der Waals surface area (Å²) >= 11 is 0. The number of aryl methyl sites for hydroxylation is 1. The van der Waals surface area contributed by atoms with E-state index in [1.54, 1.807) is 0 Å². The van der Waals surface area contributed by atoms with Crippen LogP contribution in [0.15, 0.2) is 24.3 Å². The summed E-state index contributed by atoms with van der Waals surface area (Å²) in [6.45, 7) is 9.54. The van der Waals surface area contributed by atoms with Gasteiger partial charge in [0.05, 0.1) is 5.52 Å². The van der Waals surface area contributed by atoms with E-state index < -0.39 is 0 Å². The van der Waals surface area contributed by atoms with E-state index in [0.717, 1.165) is 17.9 Å². The Kier molecular flexibility index (Phi) is 3.32. The summed E-state index contributed by atoms with van der Waals surface area (Å²) in [6, 6.07) is 8.66. The molecular formula is C15H20N2. The Morgan fingerprint density at radius 3 is 2.65 bits per heavy atom. The predicted octanol–water partition coefficient (Wildman–Crippen LogP) is 4.10. The maximum atomic E-state index is 4.72. The van der Waals surface area contributed by atoms with E-state index in [-0.39, 0.29) is 0 Å². The first-order valence-corrected chi connectivity index (χ1v) is 6.27. The summed E-state index contributed by atoms with van der Waals surface area (Å²) in [7, 11) is 0. The summed E-state index contributed by atoms with van der Waals surface area (Å²) in [4.78, 5) is 4.72. The molecule has 0 saturated heterocycles. The van der Waals surface area contributed by atoms with Crippen molar-refractivity contribution in [2.24, 2.45) is 0 Å². The molecule has 0 bridgehead atoms. The average Bonchev–Trinajstić information content (AvgIpc) is 2.28. The normalized spacial score (nSPS) is 11.1. The topological polar surface area (TPSA) is 24.9 Å². The third-order valence-corrected chi connectivity index (χ3v) is 2.97. The van der Waals surface area contributed by atoms with Crippen LogP contribution in [0.25, 0.3) is 10.9 Å². The minimum atomic E-state index is 0.487. The van der Waals surface area contributed by atoms with Gasteiger partial charge >= 0.3 is 0 Å². The number of nitrogens with one attached hydrogen (secondary N) is 1. The molecule has 2 aromatic rings. The van der Waals surface area contributed by atoms with Gasteiger partial charge in [-0.15, -0.1) is 0 Å². The fourth-order valence-corrected chi connectivity index (χ4v) is 2.06. The van der Waals surface area contributed by atoms with Crippen LogP contribution in [0.5, 0.6) is 0 Å². The second-order valence-electron chi connectivity index (χ2n) is 4.81. The van der Waals surface area contributed by atoms with Gasteiger partial charge in [-0.05, 0) is 43.5 Å². The number of nitrogens with zero attached hydrogens (tertiary/aromatic N) is 1. The molecule has 0 amide bonds. The molecule has 1 N–H and O–H groups in total. The molecule has 1 heterocycles. The van der Waals surface area contributed by atoms with Crippen molar-refractivity contribution < 1.29 is 0 Å². The highest BCUT2D eigenvalue weighted by atomic mass is 15.0. The van der Waals surface area contributed by atoms with Gasteiger partial charge in [-0.3, -0.25) is 0 Å². The van der Waals surface area contributed by atoms with Gasteiger partial charge in [-0.2, -0.15) is 0 Å². The zero-order valence-electron chi connectivity index (χ0n) is 11.0. The van der Waals surface area contributed by atoms with E-state index in [1.165, 1.54) is 16.5 Å². The Morgan fingerprint density at radius 2 is 2.00 bits per heavy atom. The Hall–Kier alpha value is -1.57. The average molecular weight is 228 g/mol. The quantitative estimate of drug-likeness (QED) is 0.855. The Bertz CT molecular complexity index is 530. The van der Waals surface area contributed by atoms with E-state index in [2.05, 4.69) is 57.3 Å². The molecule has 0 unspecified atom stereocenters. The van der Waals surface area contributed by atoms with Gasteiger partial charge in [0.15, 0.2) is 0 Å². The van der Waals surface area contributed by atoms with Crippen molar-refractivity contribution in [1.29, 1.82) is 0 Å². The van der Waals surface area contributed by atoms with Crippen LogP contribution in [-0.2, 0) is 0 Å². The number of aromatic nitrogens is 1. The van der Waals surface area contributed by atoms with Crippen LogP contribution < -0.4 is 5.32 Å². The van der Waals surface area contributed by atoms with Gasteiger partial charge in [0, 0.05) is 11.9 Å². The molecule has 0 radical (unpaired) electrons. The van der Waals surface area contributed by atoms with Crippen molar-refractivity contribution in [3.63, 3.8) is 0 Å². The monoisotopic (exact) mass is 228 g/mol. The summed E-state index contributed by atoms with van der Waals surface area (Å²) in [5.41, 5.74) is 3.64. The van der Waals surface area contributed by atoms with E-state index in [4.69, 9.17) is 4.98 Å². The molecule has 2 heteroatoms. The van der Waals surface area contributed by atoms with E-state index in [1.807, 2.05) is 0 Å². The van der Waals surface area contributed by atoms with Crippen molar-refractivity contribution in [2.75, 3.05) is 11.9 Å². The highest BCUT2D eigenvalue weighted by Gasteiger charge is 2.09. The fourth-order valence-electron chi connectivity index (χ4n) is 2.06. The Balaban J connectivity index is 2.63. The highest BCUT2D eigenvalue weighted by molar-refractivity contribution is 5.82. The molecule has 90 valence electrons. The minimum absolute atomic E-state index is 0.487. The predicted molar refractivity (Wildman–Crippen MR) is 74.7 cm³/mol. The molecular weight excluding hydrogens is 208 g/mol. The number of benzene rings is 1. The first kappa shape index (κ1) is 11.9. The van der Waals surface area contributed by atoms with Gasteiger partial charge in [-0.1, -0.05) is 25.5 Å².